The van der Waals surface area contributed by atoms with Gasteiger partial charge in [-0.1, -0.05) is 13.3 Å². The molecule has 0 amide bonds. The summed E-state index contributed by atoms with van der Waals surface area (Å²) in [6, 6.07) is 2.07. The first kappa shape index (κ1) is 11.0. The summed E-state index contributed by atoms with van der Waals surface area (Å²) in [6.07, 6.45) is 4.61. The second-order valence-electron chi connectivity index (χ2n) is 4.13. The maximum atomic E-state index is 5.99. The van der Waals surface area contributed by atoms with E-state index < -0.39 is 0 Å². The zero-order valence-corrected chi connectivity index (χ0v) is 9.72. The van der Waals surface area contributed by atoms with Gasteiger partial charge in [0.25, 0.3) is 0 Å². The highest BCUT2D eigenvalue weighted by Crippen LogP contribution is 2.07. The molecule has 0 spiro atoms. The van der Waals surface area contributed by atoms with Crippen molar-refractivity contribution in [1.29, 1.82) is 0 Å². The first-order valence-electron chi connectivity index (χ1n) is 5.62. The number of aryl methyl sites for hydroxylation is 1. The standard InChI is InChI=1S/C11H17N5/c1-3-4-9(12)6-11-15-14-10-5-8(2)13-7-16(10)11/h5,7,9H,3-4,6,12H2,1-2H3. The van der Waals surface area contributed by atoms with Crippen molar-refractivity contribution in [2.45, 2.75) is 39.2 Å². The Morgan fingerprint density at radius 2 is 2.25 bits per heavy atom. The number of hydrogen-bond acceptors (Lipinski definition) is 4. The maximum absolute atomic E-state index is 5.99. The molecule has 0 radical (unpaired) electrons. The Kier molecular flexibility index (Phi) is 3.14. The molecule has 86 valence electrons. The van der Waals surface area contributed by atoms with Crippen molar-refractivity contribution in [3.8, 4) is 0 Å². The summed E-state index contributed by atoms with van der Waals surface area (Å²) >= 11 is 0. The monoisotopic (exact) mass is 219 g/mol. The van der Waals surface area contributed by atoms with Crippen molar-refractivity contribution in [1.82, 2.24) is 19.6 Å². The molecule has 2 aromatic rings. The molecule has 5 heteroatoms. The summed E-state index contributed by atoms with van der Waals surface area (Å²) in [5.41, 5.74) is 7.78. The van der Waals surface area contributed by atoms with Crippen LogP contribution in [0.2, 0.25) is 0 Å². The molecule has 0 saturated carbocycles. The highest BCUT2D eigenvalue weighted by molar-refractivity contribution is 5.38. The van der Waals surface area contributed by atoms with Crippen LogP contribution < -0.4 is 5.73 Å². The minimum Gasteiger partial charge on any atom is -0.327 e. The van der Waals surface area contributed by atoms with E-state index in [4.69, 9.17) is 5.73 Å². The second-order valence-corrected chi connectivity index (χ2v) is 4.13. The SMILES string of the molecule is CCCC(N)Cc1nnc2cc(C)ncn12. The predicted molar refractivity (Wildman–Crippen MR) is 62.1 cm³/mol. The summed E-state index contributed by atoms with van der Waals surface area (Å²) in [7, 11) is 0. The van der Waals surface area contributed by atoms with Gasteiger partial charge in [-0.05, 0) is 13.3 Å². The van der Waals surface area contributed by atoms with E-state index in [1.807, 2.05) is 17.4 Å². The molecule has 0 aliphatic heterocycles. The van der Waals surface area contributed by atoms with E-state index in [-0.39, 0.29) is 6.04 Å². The summed E-state index contributed by atoms with van der Waals surface area (Å²) in [5.74, 6) is 0.892. The highest BCUT2D eigenvalue weighted by Gasteiger charge is 2.10. The van der Waals surface area contributed by atoms with E-state index in [1.165, 1.54) is 0 Å². The summed E-state index contributed by atoms with van der Waals surface area (Å²) in [6.45, 7) is 4.07. The van der Waals surface area contributed by atoms with Crippen LogP contribution in [0.25, 0.3) is 5.65 Å². The molecule has 16 heavy (non-hydrogen) atoms. The lowest BCUT2D eigenvalue weighted by Gasteiger charge is -2.08. The van der Waals surface area contributed by atoms with Gasteiger partial charge in [0.1, 0.15) is 12.2 Å². The molecule has 0 bridgehead atoms. The van der Waals surface area contributed by atoms with Gasteiger partial charge in [-0.3, -0.25) is 4.40 Å². The quantitative estimate of drug-likeness (QED) is 0.836. The van der Waals surface area contributed by atoms with E-state index in [9.17, 15) is 0 Å². The largest absolute Gasteiger partial charge is 0.327 e. The van der Waals surface area contributed by atoms with Crippen molar-refractivity contribution >= 4 is 5.65 Å². The molecule has 0 fully saturated rings. The Morgan fingerprint density at radius 3 is 3.00 bits per heavy atom. The summed E-state index contributed by atoms with van der Waals surface area (Å²) in [4.78, 5) is 4.24. The average Bonchev–Trinajstić information content (AvgIpc) is 2.61. The van der Waals surface area contributed by atoms with Crippen LogP contribution in [0.5, 0.6) is 0 Å². The third kappa shape index (κ3) is 2.19. The van der Waals surface area contributed by atoms with E-state index in [0.717, 1.165) is 36.4 Å². The van der Waals surface area contributed by atoms with Crippen LogP contribution in [0.1, 0.15) is 31.3 Å². The number of fused-ring (bicyclic) bond motifs is 1. The van der Waals surface area contributed by atoms with Crippen LogP contribution in [0.15, 0.2) is 12.4 Å². The Balaban J connectivity index is 2.25. The smallest absolute Gasteiger partial charge is 0.163 e. The van der Waals surface area contributed by atoms with Gasteiger partial charge >= 0.3 is 0 Å². The van der Waals surface area contributed by atoms with E-state index in [2.05, 4.69) is 22.1 Å². The van der Waals surface area contributed by atoms with Crippen LogP contribution >= 0.6 is 0 Å². The van der Waals surface area contributed by atoms with Crippen molar-refractivity contribution in [2.24, 2.45) is 5.73 Å². The molecule has 2 N–H and O–H groups in total. The van der Waals surface area contributed by atoms with Gasteiger partial charge in [-0.25, -0.2) is 4.98 Å². The number of rotatable bonds is 4. The zero-order chi connectivity index (χ0) is 11.5. The Labute approximate surface area is 94.7 Å². The van der Waals surface area contributed by atoms with E-state index in [0.29, 0.717) is 0 Å². The Bertz CT molecular complexity index is 476. The van der Waals surface area contributed by atoms with Crippen LogP contribution in [-0.4, -0.2) is 25.6 Å². The molecule has 2 heterocycles. The molecular formula is C11H17N5. The van der Waals surface area contributed by atoms with Gasteiger partial charge in [-0.2, -0.15) is 0 Å². The van der Waals surface area contributed by atoms with Crippen molar-refractivity contribution in [2.75, 3.05) is 0 Å². The van der Waals surface area contributed by atoms with Gasteiger partial charge in [0.15, 0.2) is 5.65 Å². The van der Waals surface area contributed by atoms with E-state index >= 15 is 0 Å². The van der Waals surface area contributed by atoms with Crippen LogP contribution in [0.4, 0.5) is 0 Å². The molecule has 1 unspecified atom stereocenters. The van der Waals surface area contributed by atoms with Gasteiger partial charge in [-0.15, -0.1) is 10.2 Å². The lowest BCUT2D eigenvalue weighted by atomic mass is 10.1. The molecule has 2 aromatic heterocycles. The normalized spacial score (nSPS) is 13.2. The lowest BCUT2D eigenvalue weighted by molar-refractivity contribution is 0.581. The molecular weight excluding hydrogens is 202 g/mol. The fraction of sp³-hybridized carbons (Fsp3) is 0.545. The number of nitrogens with two attached hydrogens (primary N) is 1. The first-order valence-corrected chi connectivity index (χ1v) is 5.62. The second kappa shape index (κ2) is 4.57. The maximum Gasteiger partial charge on any atom is 0.163 e. The minimum absolute atomic E-state index is 0.152. The average molecular weight is 219 g/mol. The minimum atomic E-state index is 0.152. The van der Waals surface area contributed by atoms with Crippen molar-refractivity contribution in [3.05, 3.63) is 23.9 Å². The topological polar surface area (TPSA) is 69.1 Å². The molecule has 2 rings (SSSR count). The number of hydrogen-bond donors (Lipinski definition) is 1. The predicted octanol–water partition coefficient (Wildman–Crippen LogP) is 1.10. The fourth-order valence-electron chi connectivity index (χ4n) is 1.78. The molecule has 0 saturated heterocycles. The van der Waals surface area contributed by atoms with Crippen LogP contribution in [0, 0.1) is 6.92 Å². The van der Waals surface area contributed by atoms with Crippen LogP contribution in [0.3, 0.4) is 0 Å². The molecule has 5 nitrogen and oxygen atoms in total. The van der Waals surface area contributed by atoms with E-state index in [1.54, 1.807) is 6.33 Å². The third-order valence-corrected chi connectivity index (χ3v) is 2.61. The van der Waals surface area contributed by atoms with Gasteiger partial charge < -0.3 is 5.73 Å². The molecule has 1 atom stereocenters. The molecule has 0 aliphatic carbocycles. The third-order valence-electron chi connectivity index (χ3n) is 2.61. The molecule has 0 aliphatic rings. The van der Waals surface area contributed by atoms with Gasteiger partial charge in [0.05, 0.1) is 0 Å². The fourth-order valence-corrected chi connectivity index (χ4v) is 1.78. The lowest BCUT2D eigenvalue weighted by Crippen LogP contribution is -2.23. The zero-order valence-electron chi connectivity index (χ0n) is 9.72. The Morgan fingerprint density at radius 1 is 1.44 bits per heavy atom. The van der Waals surface area contributed by atoms with Crippen molar-refractivity contribution < 1.29 is 0 Å². The summed E-state index contributed by atoms with van der Waals surface area (Å²) < 4.78 is 1.91. The molecule has 0 aromatic carbocycles. The number of nitrogens with zero attached hydrogens (tertiary/aromatic N) is 4. The van der Waals surface area contributed by atoms with Crippen LogP contribution in [-0.2, 0) is 6.42 Å². The summed E-state index contributed by atoms with van der Waals surface area (Å²) in [5, 5.41) is 8.26. The first-order chi connectivity index (χ1) is 7.70. The van der Waals surface area contributed by atoms with Crippen molar-refractivity contribution in [3.63, 3.8) is 0 Å². The van der Waals surface area contributed by atoms with Gasteiger partial charge in [0, 0.05) is 24.2 Å². The Hall–Kier alpha value is -1.49. The highest BCUT2D eigenvalue weighted by atomic mass is 15.3. The number of aromatic nitrogens is 4. The van der Waals surface area contributed by atoms with Gasteiger partial charge in [0.2, 0.25) is 0 Å².